The topological polar surface area (TPSA) is 86.8 Å². The third-order valence-electron chi connectivity index (χ3n) is 17.1. The van der Waals surface area contributed by atoms with Crippen molar-refractivity contribution in [1.82, 2.24) is 16.0 Å². The van der Waals surface area contributed by atoms with Crippen molar-refractivity contribution < 1.29 is 0 Å². The lowest BCUT2D eigenvalue weighted by Gasteiger charge is -2.26. The summed E-state index contributed by atoms with van der Waals surface area (Å²) in [6.07, 6.45) is 16.7. The average molecular weight is 1080 g/mol. The predicted octanol–water partition coefficient (Wildman–Crippen LogP) is 18.1. The summed E-state index contributed by atoms with van der Waals surface area (Å²) in [5.41, 5.74) is 28.5. The van der Waals surface area contributed by atoms with Gasteiger partial charge >= 0.3 is 0 Å². The summed E-state index contributed by atoms with van der Waals surface area (Å²) in [7, 11) is 0. The molecule has 0 bridgehead atoms. The van der Waals surface area contributed by atoms with E-state index in [0.29, 0.717) is 0 Å². The van der Waals surface area contributed by atoms with Crippen molar-refractivity contribution in [3.05, 3.63) is 317 Å². The third-order valence-corrected chi connectivity index (χ3v) is 17.1. The molecule has 11 aromatic rings. The Bertz CT molecular complexity index is 4590. The van der Waals surface area contributed by atoms with Crippen molar-refractivity contribution in [2.75, 3.05) is 12.3 Å². The van der Waals surface area contributed by atoms with E-state index >= 15 is 0 Å². The number of anilines is 1. The van der Waals surface area contributed by atoms with Gasteiger partial charge < -0.3 is 21.7 Å². The van der Waals surface area contributed by atoms with E-state index in [0.717, 1.165) is 109 Å². The number of fused-ring (bicyclic) bond motifs is 4. The van der Waals surface area contributed by atoms with Crippen LogP contribution in [0.1, 0.15) is 76.6 Å². The highest BCUT2D eigenvalue weighted by molar-refractivity contribution is 6.27. The predicted molar refractivity (Wildman–Crippen MR) is 354 cm³/mol. The zero-order valence-electron chi connectivity index (χ0n) is 46.7. The van der Waals surface area contributed by atoms with E-state index in [9.17, 15) is 0 Å². The number of allylic oxidation sites excluding steroid dienone is 8. The summed E-state index contributed by atoms with van der Waals surface area (Å²) < 4.78 is 0. The quantitative estimate of drug-likeness (QED) is 0.0812. The molecule has 84 heavy (non-hydrogen) atoms. The van der Waals surface area contributed by atoms with E-state index < -0.39 is 0 Å². The van der Waals surface area contributed by atoms with Crippen molar-refractivity contribution in [3.63, 3.8) is 0 Å². The molecule has 3 heterocycles. The number of nitrogens with two attached hydrogens (primary N) is 1. The van der Waals surface area contributed by atoms with Crippen LogP contribution in [-0.2, 0) is 0 Å². The summed E-state index contributed by atoms with van der Waals surface area (Å²) in [6, 6.07) is 81.2. The molecular weight excluding hydrogens is 1020 g/mol. The van der Waals surface area contributed by atoms with E-state index in [4.69, 9.17) is 15.7 Å². The first-order valence-electron chi connectivity index (χ1n) is 29.2. The number of nitrogen functional groups attached to an aromatic ring is 1. The molecule has 6 heteroatoms. The number of benzene rings is 11. The maximum atomic E-state index is 6.34. The van der Waals surface area contributed by atoms with Gasteiger partial charge in [-0.1, -0.05) is 224 Å². The van der Waals surface area contributed by atoms with Crippen LogP contribution in [0.15, 0.2) is 282 Å². The zero-order valence-corrected chi connectivity index (χ0v) is 46.7. The molecular formula is C78H60N6. The summed E-state index contributed by atoms with van der Waals surface area (Å²) in [5, 5.41) is 20.8. The summed E-state index contributed by atoms with van der Waals surface area (Å²) in [4.78, 5) is 11.2. The highest BCUT2D eigenvalue weighted by atomic mass is 15.1. The number of dihydropyridines is 1. The van der Waals surface area contributed by atoms with E-state index in [1.54, 1.807) is 0 Å². The minimum Gasteiger partial charge on any atom is -0.398 e. The van der Waals surface area contributed by atoms with Gasteiger partial charge in [-0.15, -0.1) is 0 Å². The van der Waals surface area contributed by atoms with Crippen molar-refractivity contribution in [3.8, 4) is 22.3 Å². The van der Waals surface area contributed by atoms with Crippen LogP contribution in [0, 0.1) is 0 Å². The summed E-state index contributed by atoms with van der Waals surface area (Å²) >= 11 is 0. The highest BCUT2D eigenvalue weighted by Gasteiger charge is 2.25. The molecule has 3 aliphatic heterocycles. The Labute approximate surface area is 489 Å². The number of nitrogens with one attached hydrogen (secondary N) is 3. The van der Waals surface area contributed by atoms with Crippen LogP contribution >= 0.6 is 0 Å². The fourth-order valence-electron chi connectivity index (χ4n) is 12.8. The molecule has 6 nitrogen and oxygen atoms in total. The van der Waals surface area contributed by atoms with Crippen molar-refractivity contribution >= 4 is 83.2 Å². The molecule has 4 aliphatic rings. The molecule has 2 unspecified atom stereocenters. The molecule has 15 rings (SSSR count). The van der Waals surface area contributed by atoms with Gasteiger partial charge in [0.05, 0.1) is 11.4 Å². The first-order valence-corrected chi connectivity index (χ1v) is 29.2. The van der Waals surface area contributed by atoms with E-state index in [2.05, 4.69) is 271 Å². The molecule has 0 saturated heterocycles. The lowest BCUT2D eigenvalue weighted by Crippen LogP contribution is -2.25. The van der Waals surface area contributed by atoms with Gasteiger partial charge in [-0.25, -0.2) is 0 Å². The Morgan fingerprint density at radius 2 is 0.869 bits per heavy atom. The summed E-state index contributed by atoms with van der Waals surface area (Å²) in [6.45, 7) is 2.92. The third kappa shape index (κ3) is 9.47. The Balaban J connectivity index is 0.757. The van der Waals surface area contributed by atoms with E-state index in [-0.39, 0.29) is 12.3 Å². The minimum absolute atomic E-state index is 0.332. The second kappa shape index (κ2) is 21.4. The second-order valence-electron chi connectivity index (χ2n) is 22.3. The second-order valence-corrected chi connectivity index (χ2v) is 22.3. The Morgan fingerprint density at radius 3 is 1.36 bits per heavy atom. The Kier molecular flexibility index (Phi) is 12.8. The minimum atomic E-state index is -0.349. The molecule has 0 fully saturated rings. The fraction of sp³-hybridized carbons (Fsp3) is 0.0769. The lowest BCUT2D eigenvalue weighted by atomic mass is 9.89. The molecule has 0 spiro atoms. The molecule has 402 valence electrons. The Hall–Kier alpha value is -10.6. The maximum absolute atomic E-state index is 6.34. The van der Waals surface area contributed by atoms with E-state index in [1.165, 1.54) is 65.5 Å². The SMILES string of the molecule is C/C=C\c1cc(-c2ccc(C3=CC(c4c5ccccc5cc5ccccc45)=NC(c4ccc(-c5ccc(C6N=C(c7c8ccccc8cc8ccccc78)C=C(c7ccc(C8=CC9=C(CC8)NCC=C9)cc7)N6)cc5)cc4)N3)cc2)ccc1N. The zero-order chi connectivity index (χ0) is 56.1. The number of nitrogens with zero attached hydrogens (tertiary/aromatic N) is 2. The molecule has 0 aromatic heterocycles. The van der Waals surface area contributed by atoms with Crippen LogP contribution in [0.5, 0.6) is 0 Å². The number of rotatable bonds is 10. The first-order chi connectivity index (χ1) is 41.4. The smallest absolute Gasteiger partial charge is 0.145 e. The van der Waals surface area contributed by atoms with Gasteiger partial charge in [-0.3, -0.25) is 9.98 Å². The molecule has 0 amide bonds. The number of hydrogen-bond donors (Lipinski definition) is 4. The van der Waals surface area contributed by atoms with Gasteiger partial charge in [0.15, 0.2) is 0 Å². The fourth-order valence-corrected chi connectivity index (χ4v) is 12.8. The van der Waals surface area contributed by atoms with Crippen molar-refractivity contribution in [1.29, 1.82) is 0 Å². The molecule has 2 atom stereocenters. The van der Waals surface area contributed by atoms with Gasteiger partial charge in [0.2, 0.25) is 0 Å². The van der Waals surface area contributed by atoms with Crippen LogP contribution < -0.4 is 21.7 Å². The van der Waals surface area contributed by atoms with Gasteiger partial charge in [0.25, 0.3) is 0 Å². The normalized spacial score (nSPS) is 16.8. The van der Waals surface area contributed by atoms with Crippen molar-refractivity contribution in [2.45, 2.75) is 32.1 Å². The van der Waals surface area contributed by atoms with Crippen molar-refractivity contribution in [2.24, 2.45) is 9.98 Å². The number of hydrogen-bond acceptors (Lipinski definition) is 6. The van der Waals surface area contributed by atoms with Gasteiger partial charge in [-0.2, -0.15) is 0 Å². The molecule has 5 N–H and O–H groups in total. The summed E-state index contributed by atoms with van der Waals surface area (Å²) in [5.74, 6) is 0. The Morgan fingerprint density at radius 1 is 0.440 bits per heavy atom. The molecule has 11 aromatic carbocycles. The largest absolute Gasteiger partial charge is 0.398 e. The van der Waals surface area contributed by atoms with Crippen LogP contribution in [0.2, 0.25) is 0 Å². The van der Waals surface area contributed by atoms with Crippen LogP contribution in [0.25, 0.3) is 88.4 Å². The van der Waals surface area contributed by atoms with Gasteiger partial charge in [0, 0.05) is 40.5 Å². The number of aliphatic imine (C=N–C) groups is 2. The van der Waals surface area contributed by atoms with Gasteiger partial charge in [-0.05, 0) is 172 Å². The van der Waals surface area contributed by atoms with Crippen LogP contribution in [-0.4, -0.2) is 18.0 Å². The molecule has 1 aliphatic carbocycles. The van der Waals surface area contributed by atoms with Gasteiger partial charge in [0.1, 0.15) is 12.3 Å². The standard InChI is InChI=1S/C78H60N6/c1-2-12-63-43-57(38-40-69(63)79)51-22-30-53(31-23-51)71-47-73(75-65-18-7-3-13-59(65)45-60-14-4-8-19-66(60)75)83-77(81-71)55-34-26-49(27-35-55)50-28-36-56(37-29-50)78-82-72(54-32-24-52(25-33-54)58-39-41-70-64(44-58)17-11-42-80-70)48-74(84-78)76-67-20-9-5-15-61(67)46-62-16-6-10-21-68(62)76/h2-38,40,43-48,77-78,80-82H,39,41-42,79H2,1H3/b12-2-. The monoisotopic (exact) mass is 1080 g/mol. The van der Waals surface area contributed by atoms with E-state index in [1.807, 2.05) is 19.1 Å². The van der Waals surface area contributed by atoms with Crippen LogP contribution in [0.4, 0.5) is 5.69 Å². The molecule has 0 radical (unpaired) electrons. The lowest BCUT2D eigenvalue weighted by molar-refractivity contribution is 0.664. The molecule has 0 saturated carbocycles. The van der Waals surface area contributed by atoms with Crippen LogP contribution in [0.3, 0.4) is 0 Å². The first kappa shape index (κ1) is 50.4. The highest BCUT2D eigenvalue weighted by Crippen LogP contribution is 2.39. The average Bonchev–Trinajstić information content (AvgIpc) is 3.72. The maximum Gasteiger partial charge on any atom is 0.145 e.